The van der Waals surface area contributed by atoms with Crippen LogP contribution in [-0.2, 0) is 0 Å². The third kappa shape index (κ3) is 1.83. The number of pyridine rings is 1. The molecule has 0 spiro atoms. The lowest BCUT2D eigenvalue weighted by molar-refractivity contribution is 0.0697. The van der Waals surface area contributed by atoms with Gasteiger partial charge >= 0.3 is 5.97 Å². The molecule has 0 atom stereocenters. The van der Waals surface area contributed by atoms with Gasteiger partial charge in [0.2, 0.25) is 5.95 Å². The van der Waals surface area contributed by atoms with Gasteiger partial charge in [-0.2, -0.15) is 9.49 Å². The van der Waals surface area contributed by atoms with E-state index in [1.807, 2.05) is 0 Å². The smallest absolute Gasteiger partial charge is 0.338 e. The lowest BCUT2D eigenvalue weighted by atomic mass is 10.4. The molecule has 15 heavy (non-hydrogen) atoms. The molecule has 0 fully saturated rings. The first-order valence-corrected chi connectivity index (χ1v) is 4.07. The van der Waals surface area contributed by atoms with E-state index in [0.717, 1.165) is 0 Å². The van der Waals surface area contributed by atoms with Crippen LogP contribution in [-0.4, -0.2) is 25.8 Å². The maximum absolute atomic E-state index is 12.5. The predicted octanol–water partition coefficient (Wildman–Crippen LogP) is 1.10. The summed E-state index contributed by atoms with van der Waals surface area (Å²) in [6.07, 6.45) is 3.82. The fraction of sp³-hybridized carbons (Fsp3) is 0. The van der Waals surface area contributed by atoms with Crippen LogP contribution in [0.15, 0.2) is 30.7 Å². The Hall–Kier alpha value is -2.24. The molecule has 0 aromatic carbocycles. The number of halogens is 1. The molecule has 0 bridgehead atoms. The standard InChI is InChI=1S/C9H6FN3O2/c10-8-2-1-7(4-11-8)13-5-6(3-12-13)9(14)15/h1-5H,(H,14,15). The third-order valence-electron chi connectivity index (χ3n) is 1.81. The molecule has 2 rings (SSSR count). The van der Waals surface area contributed by atoms with Gasteiger partial charge in [-0.1, -0.05) is 0 Å². The van der Waals surface area contributed by atoms with Crippen molar-refractivity contribution in [3.05, 3.63) is 42.2 Å². The van der Waals surface area contributed by atoms with Crippen molar-refractivity contribution in [3.63, 3.8) is 0 Å². The average Bonchev–Trinajstić information content (AvgIpc) is 2.68. The van der Waals surface area contributed by atoms with E-state index in [9.17, 15) is 9.18 Å². The van der Waals surface area contributed by atoms with E-state index in [1.54, 1.807) is 0 Å². The lowest BCUT2D eigenvalue weighted by Crippen LogP contribution is -1.96. The number of nitrogens with zero attached hydrogens (tertiary/aromatic N) is 3. The second kappa shape index (κ2) is 3.49. The van der Waals surface area contributed by atoms with Crippen LogP contribution in [0.25, 0.3) is 5.69 Å². The molecule has 5 nitrogen and oxygen atoms in total. The Morgan fingerprint density at radius 2 is 2.20 bits per heavy atom. The molecule has 2 aromatic rings. The molecule has 2 aromatic heterocycles. The average molecular weight is 207 g/mol. The van der Waals surface area contributed by atoms with Gasteiger partial charge in [-0.05, 0) is 12.1 Å². The zero-order valence-corrected chi connectivity index (χ0v) is 7.46. The predicted molar refractivity (Wildman–Crippen MR) is 48.3 cm³/mol. The quantitative estimate of drug-likeness (QED) is 0.749. The van der Waals surface area contributed by atoms with E-state index in [2.05, 4.69) is 10.1 Å². The summed E-state index contributed by atoms with van der Waals surface area (Å²) in [6.45, 7) is 0. The first kappa shape index (κ1) is 9.32. The van der Waals surface area contributed by atoms with Gasteiger partial charge in [0.05, 0.1) is 23.6 Å². The summed E-state index contributed by atoms with van der Waals surface area (Å²) >= 11 is 0. The first-order valence-electron chi connectivity index (χ1n) is 4.07. The Morgan fingerprint density at radius 3 is 2.73 bits per heavy atom. The minimum Gasteiger partial charge on any atom is -0.478 e. The zero-order valence-electron chi connectivity index (χ0n) is 7.46. The van der Waals surface area contributed by atoms with Crippen LogP contribution in [0, 0.1) is 5.95 Å². The van der Waals surface area contributed by atoms with Gasteiger partial charge in [0.25, 0.3) is 0 Å². The number of hydrogen-bond acceptors (Lipinski definition) is 3. The van der Waals surface area contributed by atoms with Crippen LogP contribution >= 0.6 is 0 Å². The molecule has 0 amide bonds. The van der Waals surface area contributed by atoms with Crippen LogP contribution in [0.5, 0.6) is 0 Å². The van der Waals surface area contributed by atoms with Crippen molar-refractivity contribution in [2.45, 2.75) is 0 Å². The highest BCUT2D eigenvalue weighted by Crippen LogP contribution is 2.07. The van der Waals surface area contributed by atoms with Crippen molar-refractivity contribution in [1.29, 1.82) is 0 Å². The number of aromatic nitrogens is 3. The number of carboxylic acid groups (broad SMARTS) is 1. The van der Waals surface area contributed by atoms with Crippen molar-refractivity contribution >= 4 is 5.97 Å². The van der Waals surface area contributed by atoms with E-state index in [0.29, 0.717) is 5.69 Å². The molecule has 0 aliphatic carbocycles. The van der Waals surface area contributed by atoms with Gasteiger partial charge in [-0.15, -0.1) is 0 Å². The molecule has 0 unspecified atom stereocenters. The fourth-order valence-corrected chi connectivity index (χ4v) is 1.08. The monoisotopic (exact) mass is 207 g/mol. The Balaban J connectivity index is 2.37. The molecule has 76 valence electrons. The highest BCUT2D eigenvalue weighted by molar-refractivity contribution is 5.86. The number of rotatable bonds is 2. The van der Waals surface area contributed by atoms with Gasteiger partial charge < -0.3 is 5.11 Å². The zero-order chi connectivity index (χ0) is 10.8. The Labute approximate surface area is 83.8 Å². The largest absolute Gasteiger partial charge is 0.478 e. The summed E-state index contributed by atoms with van der Waals surface area (Å²) in [5.41, 5.74) is 0.572. The van der Waals surface area contributed by atoms with E-state index in [4.69, 9.17) is 5.11 Å². The number of carbonyl (C=O) groups is 1. The molecular weight excluding hydrogens is 201 g/mol. The summed E-state index contributed by atoms with van der Waals surface area (Å²) in [6, 6.07) is 2.64. The highest BCUT2D eigenvalue weighted by Gasteiger charge is 2.06. The van der Waals surface area contributed by atoms with Crippen LogP contribution in [0.4, 0.5) is 4.39 Å². The fourth-order valence-electron chi connectivity index (χ4n) is 1.08. The molecule has 2 heterocycles. The Morgan fingerprint density at radius 1 is 1.40 bits per heavy atom. The topological polar surface area (TPSA) is 68.0 Å². The Bertz CT molecular complexity index is 492. The number of hydrogen-bond donors (Lipinski definition) is 1. The van der Waals surface area contributed by atoms with E-state index in [1.165, 1.54) is 35.4 Å². The van der Waals surface area contributed by atoms with Crippen LogP contribution in [0.3, 0.4) is 0 Å². The number of carboxylic acids is 1. The molecule has 0 radical (unpaired) electrons. The minimum absolute atomic E-state index is 0.0688. The summed E-state index contributed by atoms with van der Waals surface area (Å²) in [5, 5.41) is 12.5. The van der Waals surface area contributed by atoms with Crippen LogP contribution in [0.1, 0.15) is 10.4 Å². The molecule has 0 saturated carbocycles. The normalized spacial score (nSPS) is 10.2. The van der Waals surface area contributed by atoms with Gasteiger partial charge in [-0.25, -0.2) is 14.5 Å². The second-order valence-corrected chi connectivity index (χ2v) is 2.82. The van der Waals surface area contributed by atoms with Gasteiger partial charge in [0, 0.05) is 6.20 Å². The van der Waals surface area contributed by atoms with Crippen LogP contribution < -0.4 is 0 Å². The lowest BCUT2D eigenvalue weighted by Gasteiger charge is -1.98. The maximum Gasteiger partial charge on any atom is 0.338 e. The molecular formula is C9H6FN3O2. The van der Waals surface area contributed by atoms with Gasteiger partial charge in [0.15, 0.2) is 0 Å². The summed E-state index contributed by atoms with van der Waals surface area (Å²) in [7, 11) is 0. The van der Waals surface area contributed by atoms with Crippen molar-refractivity contribution in [2.75, 3.05) is 0 Å². The highest BCUT2D eigenvalue weighted by atomic mass is 19.1. The summed E-state index contributed by atoms with van der Waals surface area (Å²) in [5.74, 6) is -1.65. The number of aromatic carboxylic acids is 1. The molecule has 0 aliphatic heterocycles. The Kier molecular flexibility index (Phi) is 2.17. The second-order valence-electron chi connectivity index (χ2n) is 2.82. The van der Waals surface area contributed by atoms with Gasteiger partial charge in [-0.3, -0.25) is 0 Å². The van der Waals surface area contributed by atoms with E-state index in [-0.39, 0.29) is 5.56 Å². The van der Waals surface area contributed by atoms with Crippen molar-refractivity contribution < 1.29 is 14.3 Å². The summed E-state index contributed by atoms with van der Waals surface area (Å²) in [4.78, 5) is 14.0. The third-order valence-corrected chi connectivity index (χ3v) is 1.81. The maximum atomic E-state index is 12.5. The van der Waals surface area contributed by atoms with E-state index >= 15 is 0 Å². The first-order chi connectivity index (χ1) is 7.16. The van der Waals surface area contributed by atoms with E-state index < -0.39 is 11.9 Å². The molecule has 6 heteroatoms. The van der Waals surface area contributed by atoms with Crippen LogP contribution in [0.2, 0.25) is 0 Å². The molecule has 1 N–H and O–H groups in total. The minimum atomic E-state index is -1.06. The van der Waals surface area contributed by atoms with Crippen molar-refractivity contribution in [3.8, 4) is 5.69 Å². The van der Waals surface area contributed by atoms with Crippen molar-refractivity contribution in [1.82, 2.24) is 14.8 Å². The van der Waals surface area contributed by atoms with Gasteiger partial charge in [0.1, 0.15) is 0 Å². The molecule has 0 aliphatic rings. The van der Waals surface area contributed by atoms with Crippen molar-refractivity contribution in [2.24, 2.45) is 0 Å². The molecule has 0 saturated heterocycles. The SMILES string of the molecule is O=C(O)c1cnn(-c2ccc(F)nc2)c1. The summed E-state index contributed by atoms with van der Waals surface area (Å²) < 4.78 is 13.8.